The zero-order chi connectivity index (χ0) is 9.10. The van der Waals surface area contributed by atoms with Crippen molar-refractivity contribution in [2.45, 2.75) is 25.4 Å². The van der Waals surface area contributed by atoms with Gasteiger partial charge in [-0.15, -0.1) is 12.4 Å². The molecule has 1 aliphatic heterocycles. The van der Waals surface area contributed by atoms with Crippen LogP contribution in [-0.2, 0) is 0 Å². The summed E-state index contributed by atoms with van der Waals surface area (Å²) in [6.45, 7) is 4.45. The molecule has 1 aromatic heterocycles. The van der Waals surface area contributed by atoms with Gasteiger partial charge in [0, 0.05) is 30.5 Å². The molecule has 0 spiro atoms. The quantitative estimate of drug-likeness (QED) is 0.715. The van der Waals surface area contributed by atoms with Crippen LogP contribution in [0, 0.1) is 0 Å². The summed E-state index contributed by atoms with van der Waals surface area (Å²) in [6.07, 6.45) is 3.21. The lowest BCUT2D eigenvalue weighted by Gasteiger charge is -2.17. The molecule has 0 amide bonds. The standard InChI is InChI=1S/C10H17N3.ClH/c1-8(10-3-2-5-12-10)13-9-4-6-11-7-9;/h2-3,5,8-9,11-13H,4,6-7H2,1H3;1H/t8?,9-;/m1./s1. The maximum atomic E-state index is 3.59. The Labute approximate surface area is 91.1 Å². The van der Waals surface area contributed by atoms with E-state index in [9.17, 15) is 0 Å². The molecule has 3 nitrogen and oxygen atoms in total. The van der Waals surface area contributed by atoms with E-state index in [0.29, 0.717) is 12.1 Å². The third-order valence-corrected chi connectivity index (χ3v) is 2.63. The molecular weight excluding hydrogens is 198 g/mol. The number of aromatic amines is 1. The average molecular weight is 216 g/mol. The Morgan fingerprint density at radius 2 is 2.43 bits per heavy atom. The van der Waals surface area contributed by atoms with Gasteiger partial charge in [0.05, 0.1) is 0 Å². The van der Waals surface area contributed by atoms with Gasteiger partial charge in [-0.2, -0.15) is 0 Å². The van der Waals surface area contributed by atoms with E-state index < -0.39 is 0 Å². The largest absolute Gasteiger partial charge is 0.364 e. The summed E-state index contributed by atoms with van der Waals surface area (Å²) in [5.74, 6) is 0. The molecule has 1 aromatic rings. The fraction of sp³-hybridized carbons (Fsp3) is 0.600. The molecule has 2 rings (SSSR count). The Bertz CT molecular complexity index is 242. The van der Waals surface area contributed by atoms with Gasteiger partial charge in [0.1, 0.15) is 0 Å². The van der Waals surface area contributed by atoms with Gasteiger partial charge >= 0.3 is 0 Å². The van der Waals surface area contributed by atoms with Crippen molar-refractivity contribution < 1.29 is 0 Å². The maximum Gasteiger partial charge on any atom is 0.0446 e. The number of hydrogen-bond donors (Lipinski definition) is 3. The SMILES string of the molecule is CC(N[C@@H]1CCNC1)c1ccc[nH]1.Cl. The molecule has 1 unspecified atom stereocenters. The Balaban J connectivity index is 0.000000980. The summed E-state index contributed by atoms with van der Waals surface area (Å²) in [4.78, 5) is 3.23. The van der Waals surface area contributed by atoms with Gasteiger partial charge in [-0.3, -0.25) is 0 Å². The molecule has 2 heterocycles. The van der Waals surface area contributed by atoms with Crippen LogP contribution in [0.3, 0.4) is 0 Å². The van der Waals surface area contributed by atoms with E-state index in [0.717, 1.165) is 13.1 Å². The smallest absolute Gasteiger partial charge is 0.0446 e. The van der Waals surface area contributed by atoms with Crippen LogP contribution < -0.4 is 10.6 Å². The van der Waals surface area contributed by atoms with Gasteiger partial charge in [-0.1, -0.05) is 0 Å². The van der Waals surface area contributed by atoms with Crippen molar-refractivity contribution in [1.29, 1.82) is 0 Å². The van der Waals surface area contributed by atoms with Gasteiger partial charge in [0.15, 0.2) is 0 Å². The molecule has 3 N–H and O–H groups in total. The number of halogens is 1. The molecule has 14 heavy (non-hydrogen) atoms. The van der Waals surface area contributed by atoms with E-state index >= 15 is 0 Å². The molecule has 1 aliphatic rings. The maximum absolute atomic E-state index is 3.59. The first kappa shape index (κ1) is 11.6. The summed E-state index contributed by atoms with van der Waals surface area (Å²) in [6, 6.07) is 5.23. The van der Waals surface area contributed by atoms with Crippen molar-refractivity contribution in [3.05, 3.63) is 24.0 Å². The lowest BCUT2D eigenvalue weighted by Crippen LogP contribution is -2.33. The second-order valence-electron chi connectivity index (χ2n) is 3.70. The predicted molar refractivity (Wildman–Crippen MR) is 60.9 cm³/mol. The van der Waals surface area contributed by atoms with Crippen LogP contribution in [-0.4, -0.2) is 24.1 Å². The molecule has 80 valence electrons. The van der Waals surface area contributed by atoms with Crippen molar-refractivity contribution in [3.8, 4) is 0 Å². The average Bonchev–Trinajstić information content (AvgIpc) is 2.74. The minimum absolute atomic E-state index is 0. The first-order valence-corrected chi connectivity index (χ1v) is 4.96. The lowest BCUT2D eigenvalue weighted by molar-refractivity contribution is 0.472. The van der Waals surface area contributed by atoms with Crippen molar-refractivity contribution in [2.75, 3.05) is 13.1 Å². The molecule has 0 saturated carbocycles. The molecule has 4 heteroatoms. The number of H-pyrrole nitrogens is 1. The molecule has 2 atom stereocenters. The Morgan fingerprint density at radius 3 is 3.00 bits per heavy atom. The van der Waals surface area contributed by atoms with Crippen LogP contribution in [0.1, 0.15) is 25.1 Å². The third-order valence-electron chi connectivity index (χ3n) is 2.63. The monoisotopic (exact) mass is 215 g/mol. The van der Waals surface area contributed by atoms with E-state index in [4.69, 9.17) is 0 Å². The van der Waals surface area contributed by atoms with Gasteiger partial charge in [0.25, 0.3) is 0 Å². The van der Waals surface area contributed by atoms with Crippen LogP contribution in [0.5, 0.6) is 0 Å². The summed E-state index contributed by atoms with van der Waals surface area (Å²) in [5.41, 5.74) is 1.27. The Hall–Kier alpha value is -0.510. The zero-order valence-corrected chi connectivity index (χ0v) is 9.23. The van der Waals surface area contributed by atoms with E-state index in [1.54, 1.807) is 0 Å². The van der Waals surface area contributed by atoms with Crippen molar-refractivity contribution >= 4 is 12.4 Å². The van der Waals surface area contributed by atoms with Gasteiger partial charge in [0.2, 0.25) is 0 Å². The first-order chi connectivity index (χ1) is 6.36. The first-order valence-electron chi connectivity index (χ1n) is 4.96. The number of rotatable bonds is 3. The second kappa shape index (κ2) is 5.39. The second-order valence-corrected chi connectivity index (χ2v) is 3.70. The van der Waals surface area contributed by atoms with Gasteiger partial charge in [-0.05, 0) is 32.0 Å². The molecule has 1 saturated heterocycles. The van der Waals surface area contributed by atoms with Crippen molar-refractivity contribution in [2.24, 2.45) is 0 Å². The lowest BCUT2D eigenvalue weighted by atomic mass is 10.2. The summed E-state index contributed by atoms with van der Waals surface area (Å²) >= 11 is 0. The summed E-state index contributed by atoms with van der Waals surface area (Å²) in [5, 5.41) is 6.94. The topological polar surface area (TPSA) is 39.8 Å². The van der Waals surface area contributed by atoms with E-state index in [-0.39, 0.29) is 12.4 Å². The molecular formula is C10H18ClN3. The number of aromatic nitrogens is 1. The summed E-state index contributed by atoms with van der Waals surface area (Å²) < 4.78 is 0. The van der Waals surface area contributed by atoms with Crippen LogP contribution in [0.2, 0.25) is 0 Å². The van der Waals surface area contributed by atoms with Crippen molar-refractivity contribution in [3.63, 3.8) is 0 Å². The zero-order valence-electron chi connectivity index (χ0n) is 8.42. The third kappa shape index (κ3) is 2.74. The van der Waals surface area contributed by atoms with Crippen molar-refractivity contribution in [1.82, 2.24) is 15.6 Å². The minimum Gasteiger partial charge on any atom is -0.364 e. The highest BCUT2D eigenvalue weighted by molar-refractivity contribution is 5.85. The molecule has 0 aliphatic carbocycles. The molecule has 0 bridgehead atoms. The predicted octanol–water partition coefficient (Wildman–Crippen LogP) is 1.45. The minimum atomic E-state index is 0. The number of hydrogen-bond acceptors (Lipinski definition) is 2. The Kier molecular flexibility index (Phi) is 4.45. The highest BCUT2D eigenvalue weighted by Gasteiger charge is 2.17. The van der Waals surface area contributed by atoms with Gasteiger partial charge in [-0.25, -0.2) is 0 Å². The van der Waals surface area contributed by atoms with Crippen LogP contribution >= 0.6 is 12.4 Å². The van der Waals surface area contributed by atoms with E-state index in [1.165, 1.54) is 12.1 Å². The molecule has 0 radical (unpaired) electrons. The fourth-order valence-corrected chi connectivity index (χ4v) is 1.85. The number of nitrogens with one attached hydrogen (secondary N) is 3. The Morgan fingerprint density at radius 1 is 1.57 bits per heavy atom. The summed E-state index contributed by atoms with van der Waals surface area (Å²) in [7, 11) is 0. The molecule has 1 fully saturated rings. The van der Waals surface area contributed by atoms with Crippen LogP contribution in [0.15, 0.2) is 18.3 Å². The normalized spacial score (nSPS) is 23.1. The highest BCUT2D eigenvalue weighted by Crippen LogP contribution is 2.11. The van der Waals surface area contributed by atoms with E-state index in [1.807, 2.05) is 12.3 Å². The van der Waals surface area contributed by atoms with E-state index in [2.05, 4.69) is 28.6 Å². The fourth-order valence-electron chi connectivity index (χ4n) is 1.85. The molecule has 0 aromatic carbocycles. The highest BCUT2D eigenvalue weighted by atomic mass is 35.5. The van der Waals surface area contributed by atoms with Crippen LogP contribution in [0.25, 0.3) is 0 Å². The van der Waals surface area contributed by atoms with Crippen LogP contribution in [0.4, 0.5) is 0 Å². The van der Waals surface area contributed by atoms with Gasteiger partial charge < -0.3 is 15.6 Å².